The SMILES string of the molecule is CCCN(C(=O)CCN(Cc1ccccc1)C(C)=O)C1CCNC1. The molecule has 2 amide bonds. The van der Waals surface area contributed by atoms with E-state index in [2.05, 4.69) is 12.2 Å². The first-order chi connectivity index (χ1) is 11.6. The van der Waals surface area contributed by atoms with E-state index in [4.69, 9.17) is 0 Å². The molecule has 0 bridgehead atoms. The summed E-state index contributed by atoms with van der Waals surface area (Å²) >= 11 is 0. The first-order valence-electron chi connectivity index (χ1n) is 8.91. The first-order valence-corrected chi connectivity index (χ1v) is 8.91. The average Bonchev–Trinajstić information content (AvgIpc) is 3.11. The van der Waals surface area contributed by atoms with Crippen LogP contribution in [0, 0.1) is 0 Å². The number of nitrogens with zero attached hydrogens (tertiary/aromatic N) is 2. The topological polar surface area (TPSA) is 52.7 Å². The second-order valence-electron chi connectivity index (χ2n) is 6.41. The highest BCUT2D eigenvalue weighted by atomic mass is 16.2. The molecule has 5 heteroatoms. The molecule has 24 heavy (non-hydrogen) atoms. The first kappa shape index (κ1) is 18.5. The summed E-state index contributed by atoms with van der Waals surface area (Å²) in [5, 5.41) is 3.32. The maximum Gasteiger partial charge on any atom is 0.224 e. The van der Waals surface area contributed by atoms with Crippen molar-refractivity contribution < 1.29 is 9.59 Å². The zero-order valence-corrected chi connectivity index (χ0v) is 14.8. The molecule has 1 aromatic rings. The van der Waals surface area contributed by atoms with E-state index >= 15 is 0 Å². The summed E-state index contributed by atoms with van der Waals surface area (Å²) in [5.74, 6) is 0.168. The summed E-state index contributed by atoms with van der Waals surface area (Å²) in [5.41, 5.74) is 1.09. The van der Waals surface area contributed by atoms with Gasteiger partial charge in [0.15, 0.2) is 0 Å². The Hall–Kier alpha value is -1.88. The number of rotatable bonds is 8. The van der Waals surface area contributed by atoms with Crippen molar-refractivity contribution in [3.05, 3.63) is 35.9 Å². The Balaban J connectivity index is 1.91. The molecule has 132 valence electrons. The van der Waals surface area contributed by atoms with Crippen molar-refractivity contribution in [2.45, 2.75) is 45.7 Å². The molecule has 1 fully saturated rings. The van der Waals surface area contributed by atoms with Gasteiger partial charge in [-0.05, 0) is 24.9 Å². The maximum atomic E-state index is 12.7. The van der Waals surface area contributed by atoms with Gasteiger partial charge in [0.2, 0.25) is 11.8 Å². The van der Waals surface area contributed by atoms with Gasteiger partial charge in [-0.2, -0.15) is 0 Å². The van der Waals surface area contributed by atoms with Crippen LogP contribution in [0.15, 0.2) is 30.3 Å². The van der Waals surface area contributed by atoms with Crippen molar-refractivity contribution in [1.29, 1.82) is 0 Å². The second kappa shape index (κ2) is 9.42. The molecule has 0 aliphatic carbocycles. The molecule has 0 aromatic heterocycles. The third-order valence-corrected chi connectivity index (χ3v) is 4.52. The lowest BCUT2D eigenvalue weighted by molar-refractivity contribution is -0.135. The molecule has 5 nitrogen and oxygen atoms in total. The highest BCUT2D eigenvalue weighted by Gasteiger charge is 2.26. The van der Waals surface area contributed by atoms with Gasteiger partial charge >= 0.3 is 0 Å². The fourth-order valence-corrected chi connectivity index (χ4v) is 3.18. The van der Waals surface area contributed by atoms with Gasteiger partial charge in [-0.25, -0.2) is 0 Å². The molecule has 1 unspecified atom stereocenters. The number of benzene rings is 1. The Morgan fingerprint density at radius 1 is 1.21 bits per heavy atom. The third-order valence-electron chi connectivity index (χ3n) is 4.52. The van der Waals surface area contributed by atoms with Crippen molar-refractivity contribution in [2.24, 2.45) is 0 Å². The molecule has 1 N–H and O–H groups in total. The van der Waals surface area contributed by atoms with Crippen molar-refractivity contribution in [2.75, 3.05) is 26.2 Å². The van der Waals surface area contributed by atoms with Gasteiger partial charge in [0.1, 0.15) is 0 Å². The minimum Gasteiger partial charge on any atom is -0.338 e. The van der Waals surface area contributed by atoms with Crippen LogP contribution in [0.3, 0.4) is 0 Å². The maximum absolute atomic E-state index is 12.7. The molecule has 1 saturated heterocycles. The Kier molecular flexibility index (Phi) is 7.25. The van der Waals surface area contributed by atoms with Crippen molar-refractivity contribution in [3.63, 3.8) is 0 Å². The van der Waals surface area contributed by atoms with Gasteiger partial charge in [-0.15, -0.1) is 0 Å². The summed E-state index contributed by atoms with van der Waals surface area (Å²) in [6.07, 6.45) is 2.37. The molecule has 0 saturated carbocycles. The van der Waals surface area contributed by atoms with E-state index in [1.165, 1.54) is 0 Å². The number of nitrogens with one attached hydrogen (secondary N) is 1. The largest absolute Gasteiger partial charge is 0.338 e. The molecule has 1 heterocycles. The highest BCUT2D eigenvalue weighted by molar-refractivity contribution is 5.78. The van der Waals surface area contributed by atoms with E-state index in [0.717, 1.165) is 38.0 Å². The molecule has 1 aliphatic heterocycles. The van der Waals surface area contributed by atoms with Crippen LogP contribution in [0.4, 0.5) is 0 Å². The lowest BCUT2D eigenvalue weighted by atomic mass is 10.1. The summed E-state index contributed by atoms with van der Waals surface area (Å²) in [7, 11) is 0. The molecule has 1 aliphatic rings. The van der Waals surface area contributed by atoms with Gasteiger partial charge in [0, 0.05) is 45.6 Å². The normalized spacial score (nSPS) is 16.8. The molecular weight excluding hydrogens is 302 g/mol. The standard InChI is InChI=1S/C19H29N3O2/c1-3-12-22(18-9-11-20-14-18)19(24)10-13-21(16(2)23)15-17-7-5-4-6-8-17/h4-8,18,20H,3,9-15H2,1-2H3. The van der Waals surface area contributed by atoms with Crippen LogP contribution in [0.25, 0.3) is 0 Å². The predicted octanol–water partition coefficient (Wildman–Crippen LogP) is 2.03. The van der Waals surface area contributed by atoms with Gasteiger partial charge in [0.25, 0.3) is 0 Å². The van der Waals surface area contributed by atoms with Crippen molar-refractivity contribution in [3.8, 4) is 0 Å². The lowest BCUT2D eigenvalue weighted by Crippen LogP contribution is -2.43. The quantitative estimate of drug-likeness (QED) is 0.793. The summed E-state index contributed by atoms with van der Waals surface area (Å²) in [6.45, 7) is 7.35. The van der Waals surface area contributed by atoms with Crippen LogP contribution in [-0.4, -0.2) is 53.8 Å². The molecule has 2 rings (SSSR count). The molecule has 1 aromatic carbocycles. The molecule has 0 radical (unpaired) electrons. The molecular formula is C19H29N3O2. The minimum absolute atomic E-state index is 0.0104. The fraction of sp³-hybridized carbons (Fsp3) is 0.579. The number of carbonyl (C=O) groups excluding carboxylic acids is 2. The molecule has 0 spiro atoms. The highest BCUT2D eigenvalue weighted by Crippen LogP contribution is 2.12. The van der Waals surface area contributed by atoms with E-state index in [9.17, 15) is 9.59 Å². The Bertz CT molecular complexity index is 527. The average molecular weight is 331 g/mol. The number of hydrogen-bond donors (Lipinski definition) is 1. The number of hydrogen-bond acceptors (Lipinski definition) is 3. The van der Waals surface area contributed by atoms with Crippen LogP contribution in [0.5, 0.6) is 0 Å². The summed E-state index contributed by atoms with van der Waals surface area (Å²) in [6, 6.07) is 10.2. The molecule has 1 atom stereocenters. The van der Waals surface area contributed by atoms with E-state index in [1.54, 1.807) is 11.8 Å². The van der Waals surface area contributed by atoms with Crippen LogP contribution in [-0.2, 0) is 16.1 Å². The monoisotopic (exact) mass is 331 g/mol. The van der Waals surface area contributed by atoms with E-state index in [-0.39, 0.29) is 11.8 Å². The Labute approximate surface area is 145 Å². The fourth-order valence-electron chi connectivity index (χ4n) is 3.18. The zero-order valence-electron chi connectivity index (χ0n) is 14.8. The Morgan fingerprint density at radius 3 is 2.54 bits per heavy atom. The number of amides is 2. The van der Waals surface area contributed by atoms with Crippen molar-refractivity contribution in [1.82, 2.24) is 15.1 Å². The van der Waals surface area contributed by atoms with E-state index in [1.807, 2.05) is 35.2 Å². The van der Waals surface area contributed by atoms with Gasteiger partial charge in [0.05, 0.1) is 0 Å². The zero-order chi connectivity index (χ0) is 17.4. The predicted molar refractivity (Wildman–Crippen MR) is 95.4 cm³/mol. The van der Waals surface area contributed by atoms with Gasteiger partial charge < -0.3 is 15.1 Å². The van der Waals surface area contributed by atoms with Crippen LogP contribution < -0.4 is 5.32 Å². The van der Waals surface area contributed by atoms with Crippen LogP contribution in [0.1, 0.15) is 38.7 Å². The second-order valence-corrected chi connectivity index (χ2v) is 6.41. The van der Waals surface area contributed by atoms with E-state index in [0.29, 0.717) is 25.6 Å². The van der Waals surface area contributed by atoms with Gasteiger partial charge in [-0.3, -0.25) is 9.59 Å². The van der Waals surface area contributed by atoms with Crippen molar-refractivity contribution >= 4 is 11.8 Å². The summed E-state index contributed by atoms with van der Waals surface area (Å²) in [4.78, 5) is 28.3. The smallest absolute Gasteiger partial charge is 0.224 e. The third kappa shape index (κ3) is 5.34. The van der Waals surface area contributed by atoms with Gasteiger partial charge in [-0.1, -0.05) is 37.3 Å². The van der Waals surface area contributed by atoms with Crippen LogP contribution >= 0.6 is 0 Å². The lowest BCUT2D eigenvalue weighted by Gasteiger charge is -2.29. The van der Waals surface area contributed by atoms with E-state index < -0.39 is 0 Å². The van der Waals surface area contributed by atoms with Crippen LogP contribution in [0.2, 0.25) is 0 Å². The number of carbonyl (C=O) groups is 2. The Morgan fingerprint density at radius 2 is 1.96 bits per heavy atom. The minimum atomic E-state index is 0.0104. The summed E-state index contributed by atoms with van der Waals surface area (Å²) < 4.78 is 0.